The lowest BCUT2D eigenvalue weighted by atomic mass is 9.95. The molecule has 4 rings (SSSR count). The van der Waals surface area contributed by atoms with Crippen molar-refractivity contribution in [2.24, 2.45) is 0 Å². The van der Waals surface area contributed by atoms with Gasteiger partial charge in [-0.25, -0.2) is 4.98 Å². The van der Waals surface area contributed by atoms with Gasteiger partial charge in [-0.1, -0.05) is 48.3 Å². The van der Waals surface area contributed by atoms with Crippen LogP contribution in [0.2, 0.25) is 0 Å². The van der Waals surface area contributed by atoms with E-state index in [1.165, 1.54) is 18.2 Å². The molecule has 1 saturated carbocycles. The monoisotopic (exact) mass is 412 g/mol. The van der Waals surface area contributed by atoms with Gasteiger partial charge in [0.15, 0.2) is 11.0 Å². The summed E-state index contributed by atoms with van der Waals surface area (Å²) < 4.78 is 6.81. The molecule has 0 bridgehead atoms. The number of benzene rings is 1. The number of carbonyl (C=O) groups is 1. The Hall–Kier alpha value is -2.61. The summed E-state index contributed by atoms with van der Waals surface area (Å²) in [5.41, 5.74) is 0.636. The van der Waals surface area contributed by atoms with Crippen LogP contribution in [0, 0.1) is 6.92 Å². The summed E-state index contributed by atoms with van der Waals surface area (Å²) in [6, 6.07) is 9.19. The maximum Gasteiger partial charge on any atom is 0.262 e. The number of anilines is 1. The summed E-state index contributed by atoms with van der Waals surface area (Å²) in [4.78, 5) is 30.7. The van der Waals surface area contributed by atoms with Crippen molar-refractivity contribution in [3.05, 3.63) is 46.4 Å². The summed E-state index contributed by atoms with van der Waals surface area (Å²) in [6.45, 7) is 3.57. The highest BCUT2D eigenvalue weighted by molar-refractivity contribution is 8.00. The fourth-order valence-electron chi connectivity index (χ4n) is 3.73. The van der Waals surface area contributed by atoms with Gasteiger partial charge in [-0.05, 0) is 38.8 Å². The molecule has 1 N–H and O–H groups in total. The van der Waals surface area contributed by atoms with Gasteiger partial charge in [-0.15, -0.1) is 0 Å². The number of nitrogens with zero attached hydrogens (tertiary/aromatic N) is 3. The number of aromatic nitrogens is 3. The molecule has 0 aliphatic heterocycles. The first-order chi connectivity index (χ1) is 14.0. The number of thioether (sulfide) groups is 1. The van der Waals surface area contributed by atoms with E-state index in [-0.39, 0.29) is 17.5 Å². The van der Waals surface area contributed by atoms with E-state index in [2.05, 4.69) is 10.5 Å². The Morgan fingerprint density at radius 2 is 2.03 bits per heavy atom. The van der Waals surface area contributed by atoms with Crippen LogP contribution in [0.15, 0.2) is 44.8 Å². The molecule has 3 aromatic rings. The minimum atomic E-state index is -0.449. The van der Waals surface area contributed by atoms with E-state index in [0.29, 0.717) is 27.6 Å². The van der Waals surface area contributed by atoms with Gasteiger partial charge in [0, 0.05) is 12.1 Å². The summed E-state index contributed by atoms with van der Waals surface area (Å²) in [5.74, 6) is 0.805. The summed E-state index contributed by atoms with van der Waals surface area (Å²) >= 11 is 1.31. The van der Waals surface area contributed by atoms with Crippen LogP contribution in [0.25, 0.3) is 10.9 Å². The van der Waals surface area contributed by atoms with Crippen LogP contribution >= 0.6 is 11.8 Å². The van der Waals surface area contributed by atoms with E-state index in [1.807, 2.05) is 28.8 Å². The van der Waals surface area contributed by atoms with Crippen molar-refractivity contribution in [3.8, 4) is 0 Å². The minimum Gasteiger partial charge on any atom is -0.360 e. The molecule has 0 saturated heterocycles. The van der Waals surface area contributed by atoms with Crippen molar-refractivity contribution in [2.45, 2.75) is 62.4 Å². The fourth-order valence-corrected chi connectivity index (χ4v) is 4.71. The Bertz CT molecular complexity index is 1080. The quantitative estimate of drug-likeness (QED) is 0.496. The van der Waals surface area contributed by atoms with Crippen molar-refractivity contribution < 1.29 is 9.32 Å². The lowest BCUT2D eigenvalue weighted by molar-refractivity contribution is -0.115. The Kier molecular flexibility index (Phi) is 5.71. The third-order valence-corrected chi connectivity index (χ3v) is 6.31. The average Bonchev–Trinajstić information content (AvgIpc) is 3.13. The van der Waals surface area contributed by atoms with Gasteiger partial charge >= 0.3 is 0 Å². The molecule has 1 atom stereocenters. The predicted molar refractivity (Wildman–Crippen MR) is 113 cm³/mol. The third kappa shape index (κ3) is 4.22. The zero-order valence-corrected chi connectivity index (χ0v) is 17.4. The third-order valence-electron chi connectivity index (χ3n) is 5.25. The number of aryl methyl sites for hydroxylation is 1. The molecule has 1 amide bonds. The SMILES string of the molecule is Cc1cc(NC(=O)[C@H](C)Sc2nc3ccccc3c(=O)n2C2CCCCC2)no1. The Morgan fingerprint density at radius 1 is 1.28 bits per heavy atom. The first-order valence-electron chi connectivity index (χ1n) is 9.95. The Labute approximate surface area is 172 Å². The number of para-hydroxylation sites is 1. The average molecular weight is 413 g/mol. The van der Waals surface area contributed by atoms with Gasteiger partial charge in [0.2, 0.25) is 5.91 Å². The Balaban J connectivity index is 1.66. The highest BCUT2D eigenvalue weighted by Crippen LogP contribution is 2.32. The smallest absolute Gasteiger partial charge is 0.262 e. The van der Waals surface area contributed by atoms with Gasteiger partial charge in [-0.3, -0.25) is 14.2 Å². The number of carbonyl (C=O) groups excluding carboxylic acids is 1. The maximum absolute atomic E-state index is 13.3. The molecule has 0 radical (unpaired) electrons. The zero-order chi connectivity index (χ0) is 20.4. The highest BCUT2D eigenvalue weighted by atomic mass is 32.2. The molecule has 29 heavy (non-hydrogen) atoms. The van der Waals surface area contributed by atoms with Crippen LogP contribution in [-0.4, -0.2) is 25.9 Å². The fraction of sp³-hybridized carbons (Fsp3) is 0.429. The molecule has 1 aliphatic rings. The predicted octanol–water partition coefficient (Wildman–Crippen LogP) is 4.32. The second-order valence-corrected chi connectivity index (χ2v) is 8.76. The number of hydrogen-bond donors (Lipinski definition) is 1. The van der Waals surface area contributed by atoms with Crippen LogP contribution in [0.5, 0.6) is 0 Å². The second kappa shape index (κ2) is 8.41. The summed E-state index contributed by atoms with van der Waals surface area (Å²) in [6.07, 6.45) is 5.34. The van der Waals surface area contributed by atoms with Crippen LogP contribution in [0.3, 0.4) is 0 Å². The minimum absolute atomic E-state index is 0.0234. The van der Waals surface area contributed by atoms with Gasteiger partial charge in [0.1, 0.15) is 5.76 Å². The van der Waals surface area contributed by atoms with Gasteiger partial charge in [-0.2, -0.15) is 0 Å². The molecule has 0 unspecified atom stereocenters. The molecule has 7 nitrogen and oxygen atoms in total. The number of fused-ring (bicyclic) bond motifs is 1. The molecule has 1 aliphatic carbocycles. The molecule has 2 heterocycles. The topological polar surface area (TPSA) is 90.0 Å². The van der Waals surface area contributed by atoms with Crippen molar-refractivity contribution in [1.82, 2.24) is 14.7 Å². The lowest BCUT2D eigenvalue weighted by Crippen LogP contribution is -2.30. The van der Waals surface area contributed by atoms with Crippen molar-refractivity contribution in [3.63, 3.8) is 0 Å². The number of nitrogens with one attached hydrogen (secondary N) is 1. The van der Waals surface area contributed by atoms with E-state index < -0.39 is 5.25 Å². The van der Waals surface area contributed by atoms with Gasteiger partial charge in [0.25, 0.3) is 5.56 Å². The molecule has 1 fully saturated rings. The van der Waals surface area contributed by atoms with Gasteiger partial charge < -0.3 is 9.84 Å². The van der Waals surface area contributed by atoms with Crippen molar-refractivity contribution in [2.75, 3.05) is 5.32 Å². The summed E-state index contributed by atoms with van der Waals surface area (Å²) in [7, 11) is 0. The normalized spacial score (nSPS) is 16.1. The molecular weight excluding hydrogens is 388 g/mol. The molecule has 8 heteroatoms. The highest BCUT2D eigenvalue weighted by Gasteiger charge is 2.25. The Morgan fingerprint density at radius 3 is 2.76 bits per heavy atom. The zero-order valence-electron chi connectivity index (χ0n) is 16.6. The standard InChI is InChI=1S/C21H24N4O3S/c1-13-12-18(24-28-13)23-19(26)14(2)29-21-22-17-11-7-6-10-16(17)20(27)25(21)15-8-4-3-5-9-15/h6-7,10-12,14-15H,3-5,8-9H2,1-2H3,(H,23,24,26)/t14-/m0/s1. The van der Waals surface area contributed by atoms with Crippen LogP contribution in [-0.2, 0) is 4.79 Å². The van der Waals surface area contributed by atoms with E-state index >= 15 is 0 Å². The van der Waals surface area contributed by atoms with E-state index in [0.717, 1.165) is 25.7 Å². The van der Waals surface area contributed by atoms with Crippen LogP contribution in [0.4, 0.5) is 5.82 Å². The second-order valence-electron chi connectivity index (χ2n) is 7.45. The maximum atomic E-state index is 13.3. The first kappa shape index (κ1) is 19.7. The first-order valence-corrected chi connectivity index (χ1v) is 10.8. The van der Waals surface area contributed by atoms with E-state index in [9.17, 15) is 9.59 Å². The number of amides is 1. The van der Waals surface area contributed by atoms with Gasteiger partial charge in [0.05, 0.1) is 16.2 Å². The van der Waals surface area contributed by atoms with E-state index in [4.69, 9.17) is 9.51 Å². The molecular formula is C21H24N4O3S. The lowest BCUT2D eigenvalue weighted by Gasteiger charge is -2.26. The molecule has 1 aromatic carbocycles. The molecule has 152 valence electrons. The molecule has 2 aromatic heterocycles. The summed E-state index contributed by atoms with van der Waals surface area (Å²) in [5, 5.41) is 7.33. The van der Waals surface area contributed by atoms with Crippen LogP contribution in [0.1, 0.15) is 50.8 Å². The number of rotatable bonds is 5. The number of hydrogen-bond acceptors (Lipinski definition) is 6. The largest absolute Gasteiger partial charge is 0.360 e. The van der Waals surface area contributed by atoms with Crippen LogP contribution < -0.4 is 10.9 Å². The molecule has 0 spiro atoms. The van der Waals surface area contributed by atoms with E-state index in [1.54, 1.807) is 19.9 Å². The van der Waals surface area contributed by atoms with Crippen molar-refractivity contribution >= 4 is 34.4 Å². The van der Waals surface area contributed by atoms with Crippen molar-refractivity contribution in [1.29, 1.82) is 0 Å².